The van der Waals surface area contributed by atoms with Crippen molar-refractivity contribution in [2.75, 3.05) is 20.6 Å². The Morgan fingerprint density at radius 1 is 1.00 bits per heavy atom. The Morgan fingerprint density at radius 2 is 1.60 bits per heavy atom. The van der Waals surface area contributed by atoms with Crippen LogP contribution in [0.25, 0.3) is 5.57 Å². The highest BCUT2D eigenvalue weighted by molar-refractivity contribution is 6.30. The SMILES string of the molecule is CN(C)CCC1=C(c2ccc(Cl)cc2)C2CCC1CC2. The van der Waals surface area contributed by atoms with Crippen LogP contribution in [0.2, 0.25) is 5.02 Å². The Balaban J connectivity index is 1.96. The smallest absolute Gasteiger partial charge is 0.0406 e. The minimum Gasteiger partial charge on any atom is -0.309 e. The average molecular weight is 290 g/mol. The summed E-state index contributed by atoms with van der Waals surface area (Å²) in [6.07, 6.45) is 6.81. The molecule has 0 atom stereocenters. The second-order valence-corrected chi connectivity index (χ2v) is 6.98. The van der Waals surface area contributed by atoms with E-state index >= 15 is 0 Å². The Labute approximate surface area is 127 Å². The monoisotopic (exact) mass is 289 g/mol. The number of fused-ring (bicyclic) bond motifs is 2. The Bertz CT molecular complexity index is 493. The van der Waals surface area contributed by atoms with Crippen LogP contribution < -0.4 is 0 Å². The summed E-state index contributed by atoms with van der Waals surface area (Å²) < 4.78 is 0. The zero-order chi connectivity index (χ0) is 14.1. The van der Waals surface area contributed by atoms with Crippen molar-refractivity contribution in [2.45, 2.75) is 32.1 Å². The highest BCUT2D eigenvalue weighted by Gasteiger charge is 2.35. The van der Waals surface area contributed by atoms with E-state index in [1.807, 2.05) is 12.1 Å². The Morgan fingerprint density at radius 3 is 2.20 bits per heavy atom. The van der Waals surface area contributed by atoms with Crippen LogP contribution in [0.1, 0.15) is 37.7 Å². The van der Waals surface area contributed by atoms with E-state index in [0.717, 1.165) is 23.4 Å². The molecule has 3 aliphatic carbocycles. The van der Waals surface area contributed by atoms with Gasteiger partial charge in [0.1, 0.15) is 0 Å². The van der Waals surface area contributed by atoms with Crippen LogP contribution in [-0.2, 0) is 0 Å². The maximum absolute atomic E-state index is 6.05. The molecular formula is C18H24ClN. The van der Waals surface area contributed by atoms with Crippen molar-refractivity contribution in [1.29, 1.82) is 0 Å². The molecule has 20 heavy (non-hydrogen) atoms. The highest BCUT2D eigenvalue weighted by Crippen LogP contribution is 2.50. The van der Waals surface area contributed by atoms with Crippen molar-refractivity contribution in [1.82, 2.24) is 4.90 Å². The topological polar surface area (TPSA) is 3.24 Å². The standard InChI is InChI=1S/C18H24ClN/c1-20(2)12-11-17-13-3-5-14(6-4-13)18(17)15-7-9-16(19)10-8-15/h7-10,13-14H,3-6,11-12H2,1-2H3. The molecule has 1 saturated carbocycles. The molecule has 108 valence electrons. The van der Waals surface area contributed by atoms with Crippen molar-refractivity contribution in [3.8, 4) is 0 Å². The molecular weight excluding hydrogens is 266 g/mol. The summed E-state index contributed by atoms with van der Waals surface area (Å²) in [7, 11) is 4.34. The van der Waals surface area contributed by atoms with E-state index in [2.05, 4.69) is 31.1 Å². The normalized spacial score (nSPS) is 25.6. The van der Waals surface area contributed by atoms with Crippen molar-refractivity contribution >= 4 is 17.2 Å². The Hall–Kier alpha value is -0.790. The molecule has 1 fully saturated rings. The van der Waals surface area contributed by atoms with Gasteiger partial charge in [0.25, 0.3) is 0 Å². The molecule has 0 heterocycles. The van der Waals surface area contributed by atoms with Gasteiger partial charge in [-0.25, -0.2) is 0 Å². The molecule has 0 aliphatic heterocycles. The average Bonchev–Trinajstić information content (AvgIpc) is 2.47. The van der Waals surface area contributed by atoms with Crippen LogP contribution in [0, 0.1) is 11.8 Å². The van der Waals surface area contributed by atoms with Crippen molar-refractivity contribution in [2.24, 2.45) is 11.8 Å². The third-order valence-corrected chi connectivity index (χ3v) is 5.21. The van der Waals surface area contributed by atoms with E-state index < -0.39 is 0 Å². The third-order valence-electron chi connectivity index (χ3n) is 4.96. The van der Waals surface area contributed by atoms with Crippen molar-refractivity contribution < 1.29 is 0 Å². The van der Waals surface area contributed by atoms with E-state index in [0.29, 0.717) is 0 Å². The summed E-state index contributed by atoms with van der Waals surface area (Å²) in [6, 6.07) is 8.51. The quantitative estimate of drug-likeness (QED) is 0.765. The van der Waals surface area contributed by atoms with Gasteiger partial charge >= 0.3 is 0 Å². The molecule has 2 bridgehead atoms. The van der Waals surface area contributed by atoms with E-state index in [1.165, 1.54) is 37.7 Å². The molecule has 0 spiro atoms. The van der Waals surface area contributed by atoms with Crippen molar-refractivity contribution in [3.63, 3.8) is 0 Å². The second-order valence-electron chi connectivity index (χ2n) is 6.55. The molecule has 1 aromatic carbocycles. The van der Waals surface area contributed by atoms with E-state index in [-0.39, 0.29) is 0 Å². The molecule has 2 heteroatoms. The van der Waals surface area contributed by atoms with Crippen LogP contribution in [0.15, 0.2) is 29.8 Å². The van der Waals surface area contributed by atoms with E-state index in [4.69, 9.17) is 11.6 Å². The number of halogens is 1. The van der Waals surface area contributed by atoms with E-state index in [9.17, 15) is 0 Å². The lowest BCUT2D eigenvalue weighted by atomic mass is 9.64. The molecule has 0 N–H and O–H groups in total. The maximum Gasteiger partial charge on any atom is 0.0406 e. The van der Waals surface area contributed by atoms with Crippen LogP contribution >= 0.6 is 11.6 Å². The minimum atomic E-state index is 0.790. The summed E-state index contributed by atoms with van der Waals surface area (Å²) >= 11 is 6.05. The summed E-state index contributed by atoms with van der Waals surface area (Å²) in [5.41, 5.74) is 4.81. The van der Waals surface area contributed by atoms with Crippen LogP contribution in [0.3, 0.4) is 0 Å². The van der Waals surface area contributed by atoms with Gasteiger partial charge in [-0.3, -0.25) is 0 Å². The zero-order valence-corrected chi connectivity index (χ0v) is 13.3. The largest absolute Gasteiger partial charge is 0.309 e. The fraction of sp³-hybridized carbons (Fsp3) is 0.556. The highest BCUT2D eigenvalue weighted by atomic mass is 35.5. The first kappa shape index (κ1) is 14.2. The van der Waals surface area contributed by atoms with Gasteiger partial charge in [0.2, 0.25) is 0 Å². The lowest BCUT2D eigenvalue weighted by Gasteiger charge is -2.41. The van der Waals surface area contributed by atoms with Gasteiger partial charge in [0.05, 0.1) is 0 Å². The molecule has 0 saturated heterocycles. The number of rotatable bonds is 4. The lowest BCUT2D eigenvalue weighted by Crippen LogP contribution is -2.27. The van der Waals surface area contributed by atoms with Gasteiger partial charge in [-0.05, 0) is 81.3 Å². The molecule has 1 nitrogen and oxygen atoms in total. The zero-order valence-electron chi connectivity index (χ0n) is 12.5. The number of hydrogen-bond donors (Lipinski definition) is 0. The van der Waals surface area contributed by atoms with Gasteiger partial charge < -0.3 is 4.90 Å². The maximum atomic E-state index is 6.05. The molecule has 1 aromatic rings. The lowest BCUT2D eigenvalue weighted by molar-refractivity contribution is 0.307. The molecule has 0 unspecified atom stereocenters. The van der Waals surface area contributed by atoms with E-state index in [1.54, 1.807) is 11.1 Å². The van der Waals surface area contributed by atoms with Gasteiger partial charge in [-0.2, -0.15) is 0 Å². The number of benzene rings is 1. The number of hydrogen-bond acceptors (Lipinski definition) is 1. The van der Waals surface area contributed by atoms with Gasteiger partial charge in [-0.15, -0.1) is 0 Å². The van der Waals surface area contributed by atoms with Crippen LogP contribution in [-0.4, -0.2) is 25.5 Å². The van der Waals surface area contributed by atoms with Crippen molar-refractivity contribution in [3.05, 3.63) is 40.4 Å². The molecule has 0 aromatic heterocycles. The predicted molar refractivity (Wildman–Crippen MR) is 87.0 cm³/mol. The molecule has 3 aliphatic rings. The summed E-state index contributed by atoms with van der Waals surface area (Å²) in [4.78, 5) is 2.30. The van der Waals surface area contributed by atoms with Gasteiger partial charge in [0, 0.05) is 11.6 Å². The summed E-state index contributed by atoms with van der Waals surface area (Å²) in [5, 5.41) is 0.838. The molecule has 0 radical (unpaired) electrons. The minimum absolute atomic E-state index is 0.790. The van der Waals surface area contributed by atoms with Crippen LogP contribution in [0.4, 0.5) is 0 Å². The van der Waals surface area contributed by atoms with Gasteiger partial charge in [-0.1, -0.05) is 29.3 Å². The second kappa shape index (κ2) is 5.91. The van der Waals surface area contributed by atoms with Gasteiger partial charge in [0.15, 0.2) is 0 Å². The number of nitrogens with zero attached hydrogens (tertiary/aromatic N) is 1. The third kappa shape index (κ3) is 2.80. The summed E-state index contributed by atoms with van der Waals surface area (Å²) in [6.45, 7) is 1.16. The predicted octanol–water partition coefficient (Wildman–Crippen LogP) is 4.87. The summed E-state index contributed by atoms with van der Waals surface area (Å²) in [5.74, 6) is 1.63. The molecule has 0 amide bonds. The number of allylic oxidation sites excluding steroid dienone is 1. The fourth-order valence-corrected chi connectivity index (χ4v) is 4.07. The fourth-order valence-electron chi connectivity index (χ4n) is 3.95. The Kier molecular flexibility index (Phi) is 4.18. The molecule has 4 rings (SSSR count). The van der Waals surface area contributed by atoms with Crippen LogP contribution in [0.5, 0.6) is 0 Å². The first-order valence-electron chi connectivity index (χ1n) is 7.78. The first-order chi connectivity index (χ1) is 9.65. The first-order valence-corrected chi connectivity index (χ1v) is 8.16.